The van der Waals surface area contributed by atoms with Gasteiger partial charge in [-0.15, -0.1) is 0 Å². The van der Waals surface area contributed by atoms with Gasteiger partial charge in [0.05, 0.1) is 5.69 Å². The van der Waals surface area contributed by atoms with Crippen LogP contribution in [0.3, 0.4) is 0 Å². The zero-order valence-corrected chi connectivity index (χ0v) is 16.0. The molecule has 1 aromatic heterocycles. The Morgan fingerprint density at radius 1 is 1.07 bits per heavy atom. The van der Waals surface area contributed by atoms with Gasteiger partial charge >= 0.3 is 0 Å². The maximum atomic E-state index is 13.2. The summed E-state index contributed by atoms with van der Waals surface area (Å²) >= 11 is 0. The summed E-state index contributed by atoms with van der Waals surface area (Å²) in [7, 11) is 1.81. The number of hydrogen-bond acceptors (Lipinski definition) is 2. The van der Waals surface area contributed by atoms with Crippen LogP contribution < -0.4 is 0 Å². The van der Waals surface area contributed by atoms with Gasteiger partial charge in [0.25, 0.3) is 5.91 Å². The molecule has 144 valence electrons. The lowest BCUT2D eigenvalue weighted by molar-refractivity contribution is 0.0684. The minimum Gasteiger partial charge on any atom is -0.337 e. The van der Waals surface area contributed by atoms with E-state index in [4.69, 9.17) is 0 Å². The van der Waals surface area contributed by atoms with E-state index in [0.29, 0.717) is 11.6 Å². The van der Waals surface area contributed by atoms with Crippen LogP contribution in [-0.2, 0) is 13.5 Å². The van der Waals surface area contributed by atoms with Crippen LogP contribution in [-0.4, -0.2) is 33.7 Å². The molecule has 5 heteroatoms. The number of aryl methyl sites for hydroxylation is 1. The molecule has 1 aliphatic rings. The van der Waals surface area contributed by atoms with Crippen molar-refractivity contribution >= 4 is 5.91 Å². The molecule has 0 saturated carbocycles. The summed E-state index contributed by atoms with van der Waals surface area (Å²) in [6, 6.07) is 18.6. The Hall–Kier alpha value is -2.95. The molecule has 0 radical (unpaired) electrons. The van der Waals surface area contributed by atoms with Gasteiger partial charge in [0, 0.05) is 20.1 Å². The zero-order chi connectivity index (χ0) is 19.5. The highest BCUT2D eigenvalue weighted by Gasteiger charge is 2.26. The Kier molecular flexibility index (Phi) is 5.24. The van der Waals surface area contributed by atoms with E-state index in [1.165, 1.54) is 17.7 Å². The van der Waals surface area contributed by atoms with Crippen LogP contribution >= 0.6 is 0 Å². The summed E-state index contributed by atoms with van der Waals surface area (Å²) in [5.41, 5.74) is 3.46. The number of rotatable bonds is 4. The van der Waals surface area contributed by atoms with E-state index in [-0.39, 0.29) is 11.7 Å². The van der Waals surface area contributed by atoms with Crippen molar-refractivity contribution in [3.63, 3.8) is 0 Å². The summed E-state index contributed by atoms with van der Waals surface area (Å²) in [5.74, 6) is 0.313. The van der Waals surface area contributed by atoms with Crippen molar-refractivity contribution in [1.82, 2.24) is 14.7 Å². The number of aromatic nitrogens is 2. The number of nitrogens with zero attached hydrogens (tertiary/aromatic N) is 3. The molecule has 0 bridgehead atoms. The van der Waals surface area contributed by atoms with Gasteiger partial charge in [-0.25, -0.2) is 4.39 Å². The Morgan fingerprint density at radius 3 is 2.43 bits per heavy atom. The summed E-state index contributed by atoms with van der Waals surface area (Å²) in [6.45, 7) is 1.53. The van der Waals surface area contributed by atoms with Gasteiger partial charge in [-0.2, -0.15) is 5.10 Å². The van der Waals surface area contributed by atoms with E-state index >= 15 is 0 Å². The van der Waals surface area contributed by atoms with Crippen LogP contribution in [0, 0.1) is 11.7 Å². The predicted molar refractivity (Wildman–Crippen MR) is 107 cm³/mol. The molecule has 0 spiro atoms. The van der Waals surface area contributed by atoms with E-state index < -0.39 is 0 Å². The molecule has 4 nitrogen and oxygen atoms in total. The number of piperidine rings is 1. The third kappa shape index (κ3) is 3.98. The molecule has 1 fully saturated rings. The molecule has 2 heterocycles. The molecule has 2 aromatic carbocycles. The first-order valence-corrected chi connectivity index (χ1v) is 9.73. The van der Waals surface area contributed by atoms with E-state index in [0.717, 1.165) is 43.6 Å². The van der Waals surface area contributed by atoms with Crippen molar-refractivity contribution in [2.45, 2.75) is 19.3 Å². The standard InChI is InChI=1S/C23H24FN3O/c1-26-22(19-7-9-20(24)10-8-19)16-21(25-26)23(28)27-13-11-18(12-14-27)15-17-5-3-2-4-6-17/h2-10,16,18H,11-15H2,1H3. The van der Waals surface area contributed by atoms with Crippen molar-refractivity contribution in [1.29, 1.82) is 0 Å². The highest BCUT2D eigenvalue weighted by atomic mass is 19.1. The highest BCUT2D eigenvalue weighted by Crippen LogP contribution is 2.24. The molecule has 1 aliphatic heterocycles. The third-order valence-corrected chi connectivity index (χ3v) is 5.51. The maximum Gasteiger partial charge on any atom is 0.274 e. The number of hydrogen-bond donors (Lipinski definition) is 0. The normalized spacial score (nSPS) is 15.0. The second-order valence-electron chi connectivity index (χ2n) is 7.47. The summed E-state index contributed by atoms with van der Waals surface area (Å²) in [4.78, 5) is 14.8. The predicted octanol–water partition coefficient (Wildman–Crippen LogP) is 4.32. The van der Waals surface area contributed by atoms with Crippen molar-refractivity contribution in [2.24, 2.45) is 13.0 Å². The first kappa shape index (κ1) is 18.4. The van der Waals surface area contributed by atoms with E-state index in [1.807, 2.05) is 18.0 Å². The number of halogens is 1. The molecule has 3 aromatic rings. The molecule has 0 N–H and O–H groups in total. The lowest BCUT2D eigenvalue weighted by atomic mass is 9.90. The topological polar surface area (TPSA) is 38.1 Å². The van der Waals surface area contributed by atoms with Gasteiger partial charge < -0.3 is 4.90 Å². The number of carbonyl (C=O) groups excluding carboxylic acids is 1. The van der Waals surface area contributed by atoms with Gasteiger partial charge in [0.2, 0.25) is 0 Å². The second-order valence-corrected chi connectivity index (χ2v) is 7.47. The van der Waals surface area contributed by atoms with Crippen LogP contribution in [0.5, 0.6) is 0 Å². The Bertz CT molecular complexity index is 942. The van der Waals surface area contributed by atoms with Gasteiger partial charge in [-0.05, 0) is 66.6 Å². The van der Waals surface area contributed by atoms with Crippen molar-refractivity contribution < 1.29 is 9.18 Å². The van der Waals surface area contributed by atoms with Crippen molar-refractivity contribution in [3.05, 3.63) is 77.7 Å². The molecule has 0 unspecified atom stereocenters. The Morgan fingerprint density at radius 2 is 1.75 bits per heavy atom. The largest absolute Gasteiger partial charge is 0.337 e. The fourth-order valence-corrected chi connectivity index (χ4v) is 3.91. The number of carbonyl (C=O) groups is 1. The maximum absolute atomic E-state index is 13.2. The fourth-order valence-electron chi connectivity index (χ4n) is 3.91. The molecular weight excluding hydrogens is 353 g/mol. The lowest BCUT2D eigenvalue weighted by Crippen LogP contribution is -2.39. The molecule has 28 heavy (non-hydrogen) atoms. The summed E-state index contributed by atoms with van der Waals surface area (Å²) < 4.78 is 14.8. The zero-order valence-electron chi connectivity index (χ0n) is 16.0. The first-order chi connectivity index (χ1) is 13.6. The molecule has 4 rings (SSSR count). The number of amides is 1. The van der Waals surface area contributed by atoms with Crippen LogP contribution in [0.1, 0.15) is 28.9 Å². The first-order valence-electron chi connectivity index (χ1n) is 9.73. The quantitative estimate of drug-likeness (QED) is 0.679. The average molecular weight is 377 g/mol. The molecule has 0 atom stereocenters. The highest BCUT2D eigenvalue weighted by molar-refractivity contribution is 5.93. The van der Waals surface area contributed by atoms with Gasteiger partial charge in [-0.3, -0.25) is 9.48 Å². The van der Waals surface area contributed by atoms with Crippen LogP contribution in [0.25, 0.3) is 11.3 Å². The van der Waals surface area contributed by atoms with Crippen molar-refractivity contribution in [3.8, 4) is 11.3 Å². The minimum atomic E-state index is -0.277. The minimum absolute atomic E-state index is 0.0258. The molecule has 1 amide bonds. The van der Waals surface area contributed by atoms with E-state index in [1.54, 1.807) is 22.9 Å². The molecule has 1 saturated heterocycles. The Balaban J connectivity index is 1.40. The van der Waals surface area contributed by atoms with E-state index in [2.05, 4.69) is 29.4 Å². The van der Waals surface area contributed by atoms with Gasteiger partial charge in [0.15, 0.2) is 5.69 Å². The number of benzene rings is 2. The summed E-state index contributed by atoms with van der Waals surface area (Å²) in [5, 5.41) is 4.40. The monoisotopic (exact) mass is 377 g/mol. The number of likely N-dealkylation sites (tertiary alicyclic amines) is 1. The smallest absolute Gasteiger partial charge is 0.274 e. The SMILES string of the molecule is Cn1nc(C(=O)N2CCC(Cc3ccccc3)CC2)cc1-c1ccc(F)cc1. The lowest BCUT2D eigenvalue weighted by Gasteiger charge is -2.31. The molecular formula is C23H24FN3O. The van der Waals surface area contributed by atoms with E-state index in [9.17, 15) is 9.18 Å². The van der Waals surface area contributed by atoms with Gasteiger partial charge in [-0.1, -0.05) is 30.3 Å². The van der Waals surface area contributed by atoms with Gasteiger partial charge in [0.1, 0.15) is 5.82 Å². The Labute approximate surface area is 164 Å². The molecule has 0 aliphatic carbocycles. The van der Waals surface area contributed by atoms with Crippen LogP contribution in [0.4, 0.5) is 4.39 Å². The van der Waals surface area contributed by atoms with Crippen molar-refractivity contribution in [2.75, 3.05) is 13.1 Å². The average Bonchev–Trinajstić information content (AvgIpc) is 3.11. The fraction of sp³-hybridized carbons (Fsp3) is 0.304. The van der Waals surface area contributed by atoms with Crippen LogP contribution in [0.15, 0.2) is 60.7 Å². The van der Waals surface area contributed by atoms with Crippen LogP contribution in [0.2, 0.25) is 0 Å². The third-order valence-electron chi connectivity index (χ3n) is 5.51. The summed E-state index contributed by atoms with van der Waals surface area (Å²) in [6.07, 6.45) is 3.09. The second kappa shape index (κ2) is 7.97.